The van der Waals surface area contributed by atoms with Crippen molar-refractivity contribution < 1.29 is 26.3 Å². The number of aromatic amines is 1. The van der Waals surface area contributed by atoms with E-state index in [1.165, 1.54) is 13.4 Å². The van der Waals surface area contributed by atoms with E-state index in [0.717, 1.165) is 17.4 Å². The topological polar surface area (TPSA) is 101 Å². The number of fused-ring (bicyclic) bond motifs is 1. The molecule has 1 saturated carbocycles. The molecule has 0 aliphatic heterocycles. The van der Waals surface area contributed by atoms with Gasteiger partial charge in [-0.2, -0.15) is 13.2 Å². The van der Waals surface area contributed by atoms with Gasteiger partial charge in [-0.05, 0) is 24.8 Å². The summed E-state index contributed by atoms with van der Waals surface area (Å²) >= 11 is 0. The minimum Gasteiger partial charge on any atom is -0.481 e. The minimum absolute atomic E-state index is 0.0317. The Morgan fingerprint density at radius 1 is 1.26 bits per heavy atom. The van der Waals surface area contributed by atoms with Gasteiger partial charge in [-0.25, -0.2) is 23.4 Å². The number of hydrogen-bond donors (Lipinski definition) is 1. The smallest absolute Gasteiger partial charge is 0.417 e. The molecule has 166 valence electrons. The van der Waals surface area contributed by atoms with E-state index in [0.29, 0.717) is 24.6 Å². The lowest BCUT2D eigenvalue weighted by Crippen LogP contribution is -2.45. The molecule has 0 amide bonds. The Kier molecular flexibility index (Phi) is 5.28. The second kappa shape index (κ2) is 7.66. The second-order valence-electron chi connectivity index (χ2n) is 7.54. The van der Waals surface area contributed by atoms with Gasteiger partial charge in [0.15, 0.2) is 9.84 Å². The highest BCUT2D eigenvalue weighted by Crippen LogP contribution is 2.40. The number of rotatable bonds is 6. The van der Waals surface area contributed by atoms with E-state index in [-0.39, 0.29) is 23.6 Å². The Bertz CT molecular complexity index is 1210. The number of H-pyrrole nitrogens is 1. The molecule has 0 bridgehead atoms. The molecule has 1 N–H and O–H groups in total. The maximum atomic E-state index is 13.4. The summed E-state index contributed by atoms with van der Waals surface area (Å²) < 4.78 is 70.5. The number of nitrogens with zero attached hydrogens (tertiary/aromatic N) is 4. The van der Waals surface area contributed by atoms with Crippen molar-refractivity contribution >= 4 is 26.7 Å². The second-order valence-corrected chi connectivity index (χ2v) is 9.54. The lowest BCUT2D eigenvalue weighted by molar-refractivity contribution is -0.140. The van der Waals surface area contributed by atoms with E-state index in [9.17, 15) is 21.6 Å². The number of aromatic nitrogens is 4. The Morgan fingerprint density at radius 2 is 2.00 bits per heavy atom. The van der Waals surface area contributed by atoms with Crippen molar-refractivity contribution in [3.63, 3.8) is 0 Å². The summed E-state index contributed by atoms with van der Waals surface area (Å²) in [5, 5.41) is 0.847. The Hall–Kier alpha value is -2.89. The molecule has 3 heterocycles. The highest BCUT2D eigenvalue weighted by atomic mass is 32.2. The summed E-state index contributed by atoms with van der Waals surface area (Å²) in [6.45, 7) is 0. The van der Waals surface area contributed by atoms with Crippen LogP contribution in [0.2, 0.25) is 0 Å². The Balaban J connectivity index is 1.49. The number of methoxy groups -OCH3 is 1. The SMILES string of the molecule is COc1cc(C(F)(F)F)c(S(=O)(=O)C[C@H]2C[C@@H](N(C)c3ncnc4[nH]ccc34)C2)cn1. The minimum atomic E-state index is -4.84. The zero-order valence-corrected chi connectivity index (χ0v) is 17.5. The summed E-state index contributed by atoms with van der Waals surface area (Å²) in [7, 11) is -1.16. The van der Waals surface area contributed by atoms with E-state index in [4.69, 9.17) is 4.74 Å². The molecular weight excluding hydrogens is 435 g/mol. The van der Waals surface area contributed by atoms with Crippen LogP contribution in [-0.4, -0.2) is 54.3 Å². The Labute approximate surface area is 176 Å². The third-order valence-electron chi connectivity index (χ3n) is 5.57. The van der Waals surface area contributed by atoms with Crippen LogP contribution in [0.15, 0.2) is 35.7 Å². The van der Waals surface area contributed by atoms with Crippen molar-refractivity contribution in [3.05, 3.63) is 36.4 Å². The van der Waals surface area contributed by atoms with E-state index < -0.39 is 26.5 Å². The number of alkyl halides is 3. The molecule has 1 aliphatic rings. The lowest BCUT2D eigenvalue weighted by atomic mass is 9.81. The Morgan fingerprint density at radius 3 is 2.68 bits per heavy atom. The number of pyridine rings is 1. The van der Waals surface area contributed by atoms with Gasteiger partial charge < -0.3 is 14.6 Å². The zero-order valence-electron chi connectivity index (χ0n) is 16.7. The highest BCUT2D eigenvalue weighted by Gasteiger charge is 2.41. The first kappa shape index (κ1) is 21.3. The molecule has 0 saturated heterocycles. The average Bonchev–Trinajstić information content (AvgIpc) is 3.17. The van der Waals surface area contributed by atoms with Gasteiger partial charge in [-0.1, -0.05) is 0 Å². The molecule has 0 unspecified atom stereocenters. The van der Waals surface area contributed by atoms with Crippen LogP contribution in [0.4, 0.5) is 19.0 Å². The van der Waals surface area contributed by atoms with Gasteiger partial charge in [-0.3, -0.25) is 0 Å². The van der Waals surface area contributed by atoms with Crippen LogP contribution in [0.25, 0.3) is 11.0 Å². The van der Waals surface area contributed by atoms with Gasteiger partial charge in [0, 0.05) is 25.4 Å². The van der Waals surface area contributed by atoms with Crippen molar-refractivity contribution in [2.24, 2.45) is 5.92 Å². The van der Waals surface area contributed by atoms with Crippen LogP contribution in [0.5, 0.6) is 5.88 Å². The van der Waals surface area contributed by atoms with Crippen LogP contribution in [0.1, 0.15) is 18.4 Å². The molecule has 0 atom stereocenters. The van der Waals surface area contributed by atoms with Crippen molar-refractivity contribution in [1.29, 1.82) is 0 Å². The summed E-state index contributed by atoms with van der Waals surface area (Å²) in [5.74, 6) is -0.212. The third kappa shape index (κ3) is 4.03. The largest absolute Gasteiger partial charge is 0.481 e. The standard InChI is InChI=1S/C19H20F3N5O3S/c1-27(18-13-3-4-23-17(13)25-10-26-18)12-5-11(6-12)9-31(28,29)15-8-24-16(30-2)7-14(15)19(20,21)22/h3-4,7-8,10-12H,5-6,9H2,1-2H3,(H,23,25,26)/t11-,12+. The molecule has 12 heteroatoms. The number of halogens is 3. The maximum Gasteiger partial charge on any atom is 0.417 e. The monoisotopic (exact) mass is 455 g/mol. The summed E-state index contributed by atoms with van der Waals surface area (Å²) in [5.41, 5.74) is -0.565. The molecule has 3 aromatic heterocycles. The first-order chi connectivity index (χ1) is 14.6. The molecule has 8 nitrogen and oxygen atoms in total. The number of anilines is 1. The molecule has 0 spiro atoms. The van der Waals surface area contributed by atoms with Gasteiger partial charge in [0.05, 0.1) is 34.9 Å². The van der Waals surface area contributed by atoms with Crippen LogP contribution in [0.3, 0.4) is 0 Å². The molecule has 0 radical (unpaired) electrons. The highest BCUT2D eigenvalue weighted by molar-refractivity contribution is 7.91. The van der Waals surface area contributed by atoms with E-state index in [2.05, 4.69) is 19.9 Å². The van der Waals surface area contributed by atoms with E-state index in [1.54, 1.807) is 6.20 Å². The van der Waals surface area contributed by atoms with Crippen LogP contribution >= 0.6 is 0 Å². The van der Waals surface area contributed by atoms with Crippen molar-refractivity contribution in [2.75, 3.05) is 24.8 Å². The molecule has 0 aromatic carbocycles. The van der Waals surface area contributed by atoms with Gasteiger partial charge in [-0.15, -0.1) is 0 Å². The van der Waals surface area contributed by atoms with Crippen LogP contribution in [0, 0.1) is 5.92 Å². The van der Waals surface area contributed by atoms with Crippen LogP contribution in [-0.2, 0) is 16.0 Å². The number of hydrogen-bond acceptors (Lipinski definition) is 7. The molecule has 1 aliphatic carbocycles. The molecule has 1 fully saturated rings. The van der Waals surface area contributed by atoms with Crippen molar-refractivity contribution in [2.45, 2.75) is 30.0 Å². The molecule has 3 aromatic rings. The van der Waals surface area contributed by atoms with E-state index >= 15 is 0 Å². The summed E-state index contributed by atoms with van der Waals surface area (Å²) in [4.78, 5) is 16.3. The van der Waals surface area contributed by atoms with E-state index in [1.807, 2.05) is 18.0 Å². The first-order valence-corrected chi connectivity index (χ1v) is 11.1. The average molecular weight is 455 g/mol. The molecule has 4 rings (SSSR count). The number of ether oxygens (including phenoxy) is 1. The predicted octanol–water partition coefficient (Wildman–Crippen LogP) is 3.07. The van der Waals surface area contributed by atoms with Crippen LogP contribution < -0.4 is 9.64 Å². The quantitative estimate of drug-likeness (QED) is 0.610. The van der Waals surface area contributed by atoms with Crippen molar-refractivity contribution in [1.82, 2.24) is 19.9 Å². The fourth-order valence-electron chi connectivity index (χ4n) is 3.87. The first-order valence-electron chi connectivity index (χ1n) is 9.45. The third-order valence-corrected chi connectivity index (χ3v) is 7.48. The lowest BCUT2D eigenvalue weighted by Gasteiger charge is -2.41. The fraction of sp³-hybridized carbons (Fsp3) is 0.421. The summed E-state index contributed by atoms with van der Waals surface area (Å²) in [6, 6.07) is 2.50. The van der Waals surface area contributed by atoms with Crippen molar-refractivity contribution in [3.8, 4) is 5.88 Å². The number of sulfone groups is 1. The van der Waals surface area contributed by atoms with Gasteiger partial charge in [0.1, 0.15) is 17.8 Å². The molecule has 31 heavy (non-hydrogen) atoms. The van der Waals surface area contributed by atoms with Gasteiger partial charge in [0.25, 0.3) is 0 Å². The zero-order chi connectivity index (χ0) is 22.4. The maximum absolute atomic E-state index is 13.4. The normalized spacial score (nSPS) is 19.3. The predicted molar refractivity (Wildman–Crippen MR) is 107 cm³/mol. The van der Waals surface area contributed by atoms with Gasteiger partial charge >= 0.3 is 6.18 Å². The summed E-state index contributed by atoms with van der Waals surface area (Å²) in [6.07, 6.45) is 0.139. The van der Waals surface area contributed by atoms with Gasteiger partial charge in [0.2, 0.25) is 5.88 Å². The fourth-order valence-corrected chi connectivity index (χ4v) is 5.67. The number of nitrogens with one attached hydrogen (secondary N) is 1. The molecular formula is C19H20F3N5O3S.